The fraction of sp³-hybridized carbons (Fsp3) is 0.440. The Morgan fingerprint density at radius 2 is 1.88 bits per heavy atom. The van der Waals surface area contributed by atoms with E-state index in [1.807, 2.05) is 12.1 Å². The van der Waals surface area contributed by atoms with Gasteiger partial charge in [0.05, 0.1) is 16.1 Å². The minimum atomic E-state index is -3.82. The number of para-hydroxylation sites is 1. The Morgan fingerprint density at radius 3 is 2.70 bits per heavy atom. The van der Waals surface area contributed by atoms with Crippen LogP contribution in [0.2, 0.25) is 0 Å². The highest BCUT2D eigenvalue weighted by Crippen LogP contribution is 2.33. The quantitative estimate of drug-likeness (QED) is 0.652. The first kappa shape index (κ1) is 23.3. The maximum absolute atomic E-state index is 13.2. The van der Waals surface area contributed by atoms with Gasteiger partial charge in [0, 0.05) is 12.6 Å². The smallest absolute Gasteiger partial charge is 0.338 e. The maximum atomic E-state index is 13.2. The number of rotatable bonds is 6. The van der Waals surface area contributed by atoms with Crippen molar-refractivity contribution in [3.8, 4) is 0 Å². The van der Waals surface area contributed by atoms with Crippen LogP contribution < -0.4 is 9.62 Å². The molecule has 0 radical (unpaired) electrons. The number of fused-ring (bicyclic) bond motifs is 1. The number of amides is 1. The summed E-state index contributed by atoms with van der Waals surface area (Å²) in [6, 6.07) is 13.2. The average Bonchev–Trinajstić information content (AvgIpc) is 3.26. The molecule has 2 aromatic rings. The first-order valence-corrected chi connectivity index (χ1v) is 12.9. The molecule has 0 unspecified atom stereocenters. The number of carbonyl (C=O) groups is 2. The molecule has 3 atom stereocenters. The topological polar surface area (TPSA) is 92.8 Å². The van der Waals surface area contributed by atoms with Crippen molar-refractivity contribution in [2.75, 3.05) is 17.5 Å². The van der Waals surface area contributed by atoms with E-state index in [4.69, 9.17) is 4.74 Å². The zero-order valence-corrected chi connectivity index (χ0v) is 19.8. The van der Waals surface area contributed by atoms with E-state index in [0.717, 1.165) is 24.8 Å². The van der Waals surface area contributed by atoms with Crippen molar-refractivity contribution in [2.45, 2.75) is 50.5 Å². The van der Waals surface area contributed by atoms with Crippen LogP contribution in [0.15, 0.2) is 53.4 Å². The van der Waals surface area contributed by atoms with Crippen molar-refractivity contribution < 1.29 is 22.7 Å². The molecule has 4 rings (SSSR count). The molecule has 0 saturated heterocycles. The summed E-state index contributed by atoms with van der Waals surface area (Å²) in [6.45, 7) is 4.28. The fourth-order valence-corrected chi connectivity index (χ4v) is 6.27. The third kappa shape index (κ3) is 4.90. The van der Waals surface area contributed by atoms with Gasteiger partial charge in [0.1, 0.15) is 0 Å². The highest BCUT2D eigenvalue weighted by atomic mass is 32.2. The number of nitrogens with one attached hydrogen (secondary N) is 1. The molecule has 1 N–H and O–H groups in total. The number of sulfonamides is 1. The summed E-state index contributed by atoms with van der Waals surface area (Å²) >= 11 is 0. The molecule has 7 nitrogen and oxygen atoms in total. The number of hydrogen-bond donors (Lipinski definition) is 1. The minimum Gasteiger partial charge on any atom is -0.452 e. The highest BCUT2D eigenvalue weighted by Gasteiger charge is 2.31. The van der Waals surface area contributed by atoms with Crippen LogP contribution in [0.5, 0.6) is 0 Å². The minimum absolute atomic E-state index is 0.0168. The summed E-state index contributed by atoms with van der Waals surface area (Å²) in [7, 11) is -3.82. The van der Waals surface area contributed by atoms with Gasteiger partial charge >= 0.3 is 5.97 Å². The number of carbonyl (C=O) groups excluding carboxylic acids is 2. The van der Waals surface area contributed by atoms with Gasteiger partial charge in [0.15, 0.2) is 6.61 Å². The molecule has 1 heterocycles. The fourth-order valence-electron chi connectivity index (χ4n) is 4.72. The first-order chi connectivity index (χ1) is 15.8. The molecular formula is C25H30N2O5S. The van der Waals surface area contributed by atoms with E-state index in [-0.39, 0.29) is 22.4 Å². The van der Waals surface area contributed by atoms with Crippen LogP contribution in [0, 0.1) is 11.8 Å². The van der Waals surface area contributed by atoms with Crippen molar-refractivity contribution in [1.29, 1.82) is 0 Å². The molecule has 1 fully saturated rings. The number of esters is 1. The largest absolute Gasteiger partial charge is 0.452 e. The zero-order chi connectivity index (χ0) is 23.6. The molecule has 176 valence electrons. The Hall–Kier alpha value is -2.87. The number of anilines is 1. The average molecular weight is 471 g/mol. The van der Waals surface area contributed by atoms with Crippen LogP contribution in [0.1, 0.15) is 49.0 Å². The predicted octanol–water partition coefficient (Wildman–Crippen LogP) is 3.54. The molecule has 2 aromatic carbocycles. The molecule has 1 amide bonds. The van der Waals surface area contributed by atoms with Crippen LogP contribution in [0.3, 0.4) is 0 Å². The molecule has 2 aliphatic rings. The lowest BCUT2D eigenvalue weighted by molar-refractivity contribution is -0.125. The lowest BCUT2D eigenvalue weighted by Gasteiger charge is -2.34. The first-order valence-electron chi connectivity index (χ1n) is 11.4. The molecule has 0 aromatic heterocycles. The van der Waals surface area contributed by atoms with Gasteiger partial charge in [-0.3, -0.25) is 9.10 Å². The van der Waals surface area contributed by atoms with Crippen LogP contribution >= 0.6 is 0 Å². The summed E-state index contributed by atoms with van der Waals surface area (Å²) < 4.78 is 33.0. The molecule has 1 saturated carbocycles. The molecular weight excluding hydrogens is 440 g/mol. The second-order valence-corrected chi connectivity index (χ2v) is 10.9. The lowest BCUT2D eigenvalue weighted by Crippen LogP contribution is -2.45. The van der Waals surface area contributed by atoms with Crippen molar-refractivity contribution in [3.05, 3.63) is 59.7 Å². The van der Waals surface area contributed by atoms with Crippen molar-refractivity contribution in [2.24, 2.45) is 11.8 Å². The lowest BCUT2D eigenvalue weighted by atomic mass is 9.78. The summed E-state index contributed by atoms with van der Waals surface area (Å²) in [5.74, 6) is -0.157. The van der Waals surface area contributed by atoms with Gasteiger partial charge in [-0.25, -0.2) is 13.2 Å². The van der Waals surface area contributed by atoms with Crippen molar-refractivity contribution >= 4 is 27.6 Å². The SMILES string of the molecule is C[C@H]1[C@H](C)CCC[C@@H]1NC(=O)COC(=O)c1cccc(S(=O)(=O)N2CCc3ccccc32)c1. The number of nitrogens with zero attached hydrogens (tertiary/aromatic N) is 1. The van der Waals surface area contributed by atoms with Gasteiger partial charge < -0.3 is 10.1 Å². The van der Waals surface area contributed by atoms with Crippen LogP contribution in [-0.2, 0) is 26.0 Å². The van der Waals surface area contributed by atoms with Gasteiger partial charge in [-0.1, -0.05) is 51.0 Å². The van der Waals surface area contributed by atoms with Gasteiger partial charge in [-0.05, 0) is 54.5 Å². The Balaban J connectivity index is 1.40. The van der Waals surface area contributed by atoms with Crippen LogP contribution in [-0.4, -0.2) is 39.5 Å². The summed E-state index contributed by atoms with van der Waals surface area (Å²) in [6.07, 6.45) is 3.79. The Labute approximate surface area is 195 Å². The number of ether oxygens (including phenoxy) is 1. The van der Waals surface area contributed by atoms with Crippen molar-refractivity contribution in [3.63, 3.8) is 0 Å². The maximum Gasteiger partial charge on any atom is 0.338 e. The van der Waals surface area contributed by atoms with Gasteiger partial charge in [0.2, 0.25) is 0 Å². The second kappa shape index (κ2) is 9.55. The van der Waals surface area contributed by atoms with E-state index in [0.29, 0.717) is 30.5 Å². The Morgan fingerprint density at radius 1 is 1.09 bits per heavy atom. The van der Waals surface area contributed by atoms with Crippen molar-refractivity contribution in [1.82, 2.24) is 5.32 Å². The molecule has 0 spiro atoms. The zero-order valence-electron chi connectivity index (χ0n) is 19.0. The third-order valence-corrected chi connectivity index (χ3v) is 8.70. The van der Waals surface area contributed by atoms with Gasteiger partial charge in [0.25, 0.3) is 15.9 Å². The highest BCUT2D eigenvalue weighted by molar-refractivity contribution is 7.92. The molecule has 8 heteroatoms. The third-order valence-electron chi connectivity index (χ3n) is 6.89. The van der Waals surface area contributed by atoms with Crippen LogP contribution in [0.25, 0.3) is 0 Å². The Bertz CT molecular complexity index is 1150. The van der Waals surface area contributed by atoms with E-state index in [1.54, 1.807) is 12.1 Å². The van der Waals surface area contributed by atoms with E-state index in [9.17, 15) is 18.0 Å². The predicted molar refractivity (Wildman–Crippen MR) is 126 cm³/mol. The molecule has 1 aliphatic heterocycles. The van der Waals surface area contributed by atoms with E-state index in [1.165, 1.54) is 28.6 Å². The van der Waals surface area contributed by atoms with Crippen LogP contribution in [0.4, 0.5) is 5.69 Å². The summed E-state index contributed by atoms with van der Waals surface area (Å²) in [5, 5.41) is 2.97. The molecule has 0 bridgehead atoms. The normalized spacial score (nSPS) is 22.5. The second-order valence-electron chi connectivity index (χ2n) is 9.00. The number of benzene rings is 2. The monoisotopic (exact) mass is 470 g/mol. The van der Waals surface area contributed by atoms with Gasteiger partial charge in [-0.2, -0.15) is 0 Å². The standard InChI is InChI=1S/C25H30N2O5S/c1-17-7-5-11-22(18(17)2)26-24(28)16-32-25(29)20-9-6-10-21(15-20)33(30,31)27-14-13-19-8-3-4-12-23(19)27/h3-4,6,8-10,12,15,17-18,22H,5,7,11,13-14,16H2,1-2H3,(H,26,28)/t17-,18+,22+/m1/s1. The van der Waals surface area contributed by atoms with E-state index >= 15 is 0 Å². The molecule has 1 aliphatic carbocycles. The molecule has 33 heavy (non-hydrogen) atoms. The van der Waals surface area contributed by atoms with E-state index in [2.05, 4.69) is 19.2 Å². The summed E-state index contributed by atoms with van der Waals surface area (Å²) in [4.78, 5) is 24.9. The van der Waals surface area contributed by atoms with E-state index < -0.39 is 22.6 Å². The summed E-state index contributed by atoms with van der Waals surface area (Å²) in [5.41, 5.74) is 1.73. The number of hydrogen-bond acceptors (Lipinski definition) is 5. The Kier molecular flexibility index (Phi) is 6.74. The van der Waals surface area contributed by atoms with Gasteiger partial charge in [-0.15, -0.1) is 0 Å².